The van der Waals surface area contributed by atoms with Gasteiger partial charge in [0.05, 0.1) is 0 Å². The quantitative estimate of drug-likeness (QED) is 0.549. The van der Waals surface area contributed by atoms with E-state index >= 15 is 0 Å². The summed E-state index contributed by atoms with van der Waals surface area (Å²) < 4.78 is 6.95. The molecule has 0 fully saturated rings. The van der Waals surface area contributed by atoms with Crippen molar-refractivity contribution in [2.45, 2.75) is 47.6 Å². The molecule has 0 amide bonds. The average molecular weight is 378 g/mol. The van der Waals surface area contributed by atoms with Crippen molar-refractivity contribution in [3.05, 3.63) is 89.0 Å². The molecule has 0 bridgehead atoms. The molecule has 3 rings (SSSR count). The zero-order valence-corrected chi connectivity index (χ0v) is 18.3. The topological polar surface area (TPSA) is 9.23 Å². The Kier molecular flexibility index (Phi) is 5.84. The first-order chi connectivity index (χ1) is 12.8. The van der Waals surface area contributed by atoms with Crippen molar-refractivity contribution in [1.29, 1.82) is 0 Å². The van der Waals surface area contributed by atoms with Gasteiger partial charge in [-0.25, -0.2) is 0 Å². The molecule has 0 aliphatic carbocycles. The summed E-state index contributed by atoms with van der Waals surface area (Å²) in [4.78, 5) is 0. The maximum atomic E-state index is 6.95. The van der Waals surface area contributed by atoms with E-state index in [1.165, 1.54) is 38.2 Å². The fourth-order valence-corrected chi connectivity index (χ4v) is 8.59. The third-order valence-corrected chi connectivity index (χ3v) is 9.02. The molecule has 0 N–H and O–H groups in total. The maximum absolute atomic E-state index is 6.95. The Bertz CT molecular complexity index is 836. The van der Waals surface area contributed by atoms with Crippen LogP contribution in [0.4, 0.5) is 0 Å². The average Bonchev–Trinajstić information content (AvgIpc) is 2.58. The van der Waals surface area contributed by atoms with Crippen molar-refractivity contribution in [2.24, 2.45) is 0 Å². The van der Waals surface area contributed by atoms with Gasteiger partial charge in [0.25, 0.3) is 0 Å². The van der Waals surface area contributed by atoms with Crippen LogP contribution in [0.15, 0.2) is 66.7 Å². The fraction of sp³-hybridized carbons (Fsp3) is 0.280. The number of hydrogen-bond acceptors (Lipinski definition) is 1. The Hall–Kier alpha value is -1.95. The van der Waals surface area contributed by atoms with E-state index < -0.39 is 7.49 Å². The van der Waals surface area contributed by atoms with Crippen LogP contribution in [0.5, 0.6) is 0 Å². The second-order valence-corrected chi connectivity index (χ2v) is 11.3. The van der Waals surface area contributed by atoms with Gasteiger partial charge in [0.2, 0.25) is 0 Å². The Morgan fingerprint density at radius 1 is 0.593 bits per heavy atom. The summed E-state index contributed by atoms with van der Waals surface area (Å²) in [5.74, 6) is 0. The molecule has 0 aliphatic heterocycles. The monoisotopic (exact) mass is 378 g/mol. The van der Waals surface area contributed by atoms with Crippen molar-refractivity contribution in [2.75, 3.05) is 0 Å². The van der Waals surface area contributed by atoms with Gasteiger partial charge in [0, 0.05) is 0 Å². The second-order valence-electron chi connectivity index (χ2n) is 7.97. The minimum absolute atomic E-state index is 0.138. The second kappa shape index (κ2) is 7.97. The first-order valence-electron chi connectivity index (χ1n) is 9.72. The molecule has 0 radical (unpaired) electrons. The summed E-state index contributed by atoms with van der Waals surface area (Å²) in [5, 5.41) is 3.95. The van der Waals surface area contributed by atoms with E-state index in [1.807, 2.05) is 0 Å². The summed E-state index contributed by atoms with van der Waals surface area (Å²) in [6.45, 7) is 13.0. The molecule has 3 aromatic rings. The van der Waals surface area contributed by atoms with E-state index in [0.29, 0.717) is 0 Å². The van der Waals surface area contributed by atoms with Gasteiger partial charge in [0.15, 0.2) is 0 Å². The van der Waals surface area contributed by atoms with E-state index in [2.05, 4.69) is 108 Å². The molecule has 0 saturated carbocycles. The van der Waals surface area contributed by atoms with Gasteiger partial charge in [-0.05, 0) is 0 Å². The van der Waals surface area contributed by atoms with Gasteiger partial charge in [0.1, 0.15) is 0 Å². The molecular formula is C25H31OP. The van der Waals surface area contributed by atoms with Crippen LogP contribution in [0.25, 0.3) is 0 Å². The van der Waals surface area contributed by atoms with E-state index in [1.54, 1.807) is 0 Å². The van der Waals surface area contributed by atoms with Gasteiger partial charge in [-0.2, -0.15) is 0 Å². The first-order valence-corrected chi connectivity index (χ1v) is 11.6. The van der Waals surface area contributed by atoms with Gasteiger partial charge in [-0.1, -0.05) is 0 Å². The zero-order valence-electron chi connectivity index (χ0n) is 17.3. The van der Waals surface area contributed by atoms with Crippen molar-refractivity contribution < 1.29 is 4.52 Å². The number of benzene rings is 3. The van der Waals surface area contributed by atoms with Crippen LogP contribution in [0, 0.1) is 27.7 Å². The molecule has 3 aromatic carbocycles. The Balaban J connectivity index is 2.41. The van der Waals surface area contributed by atoms with Gasteiger partial charge in [-0.15, -0.1) is 0 Å². The molecule has 27 heavy (non-hydrogen) atoms. The van der Waals surface area contributed by atoms with Gasteiger partial charge >= 0.3 is 165 Å². The van der Waals surface area contributed by atoms with Crippen LogP contribution in [0.3, 0.4) is 0 Å². The third-order valence-electron chi connectivity index (χ3n) is 4.85. The van der Waals surface area contributed by atoms with Crippen LogP contribution in [0.2, 0.25) is 0 Å². The SMILES string of the molecule is Cc1cc(C)cc([PH](OC(C)C)(c2ccccc2)c2cc(C)cc(C)c2)c1. The standard InChI is InChI=1S/C25H31OP/c1-18(2)26-27(23-10-8-7-9-11-23,24-14-19(3)12-20(4)15-24)25-16-21(5)13-22(6)17-25/h7-18,27H,1-6H3. The molecule has 1 nitrogen and oxygen atoms in total. The van der Waals surface area contributed by atoms with E-state index in [0.717, 1.165) is 0 Å². The van der Waals surface area contributed by atoms with Crippen LogP contribution in [0.1, 0.15) is 36.1 Å². The fourth-order valence-electron chi connectivity index (χ4n) is 4.09. The van der Waals surface area contributed by atoms with Crippen molar-refractivity contribution in [3.8, 4) is 0 Å². The van der Waals surface area contributed by atoms with Crippen LogP contribution >= 0.6 is 7.49 Å². The number of hydrogen-bond donors (Lipinski definition) is 0. The van der Waals surface area contributed by atoms with Crippen molar-refractivity contribution >= 4 is 23.4 Å². The summed E-state index contributed by atoms with van der Waals surface area (Å²) in [5.41, 5.74) is 5.15. The summed E-state index contributed by atoms with van der Waals surface area (Å²) in [6.07, 6.45) is 0.138. The molecule has 0 atom stereocenters. The van der Waals surface area contributed by atoms with E-state index in [4.69, 9.17) is 4.52 Å². The van der Waals surface area contributed by atoms with Gasteiger partial charge < -0.3 is 0 Å². The zero-order chi connectivity index (χ0) is 19.6. The molecule has 142 valence electrons. The molecule has 0 saturated heterocycles. The van der Waals surface area contributed by atoms with Crippen molar-refractivity contribution in [3.63, 3.8) is 0 Å². The van der Waals surface area contributed by atoms with E-state index in [9.17, 15) is 0 Å². The predicted octanol–water partition coefficient (Wildman–Crippen LogP) is 5.29. The van der Waals surface area contributed by atoms with Crippen LogP contribution in [-0.2, 0) is 4.52 Å². The molecule has 0 aliphatic rings. The summed E-state index contributed by atoms with van der Waals surface area (Å²) in [6, 6.07) is 24.6. The number of aryl methyl sites for hydroxylation is 4. The molecule has 0 aromatic heterocycles. The predicted molar refractivity (Wildman–Crippen MR) is 122 cm³/mol. The number of rotatable bonds is 5. The third kappa shape index (κ3) is 4.15. The Morgan fingerprint density at radius 3 is 1.37 bits per heavy atom. The van der Waals surface area contributed by atoms with Crippen LogP contribution < -0.4 is 15.9 Å². The summed E-state index contributed by atoms with van der Waals surface area (Å²) in [7, 11) is -2.61. The normalized spacial score (nSPS) is 12.4. The van der Waals surface area contributed by atoms with Crippen molar-refractivity contribution in [1.82, 2.24) is 0 Å². The molecule has 0 heterocycles. The Morgan fingerprint density at radius 2 is 1.00 bits per heavy atom. The van der Waals surface area contributed by atoms with Crippen LogP contribution in [-0.4, -0.2) is 6.10 Å². The molecule has 0 unspecified atom stereocenters. The van der Waals surface area contributed by atoms with Gasteiger partial charge in [-0.3, -0.25) is 0 Å². The Labute approximate surface area is 164 Å². The first kappa shape index (κ1) is 19.8. The molecule has 0 spiro atoms. The van der Waals surface area contributed by atoms with E-state index in [-0.39, 0.29) is 6.10 Å². The minimum atomic E-state index is -2.61. The molecule has 2 heteroatoms. The summed E-state index contributed by atoms with van der Waals surface area (Å²) >= 11 is 0. The molecular weight excluding hydrogens is 347 g/mol.